The number of aromatic nitrogens is 1. The molecule has 1 aromatic rings. The summed E-state index contributed by atoms with van der Waals surface area (Å²) in [5, 5.41) is 6.00. The van der Waals surface area contributed by atoms with E-state index in [0.717, 1.165) is 25.5 Å². The second-order valence-corrected chi connectivity index (χ2v) is 6.66. The molecule has 1 unspecified atom stereocenters. The van der Waals surface area contributed by atoms with Crippen LogP contribution in [0.4, 0.5) is 13.2 Å². The highest BCUT2D eigenvalue weighted by Gasteiger charge is 2.31. The summed E-state index contributed by atoms with van der Waals surface area (Å²) >= 11 is 5.81. The summed E-state index contributed by atoms with van der Waals surface area (Å²) in [4.78, 5) is 8.07. The van der Waals surface area contributed by atoms with Gasteiger partial charge in [-0.05, 0) is 25.8 Å². The Labute approximate surface area is 196 Å². The molecule has 1 fully saturated rings. The zero-order valence-corrected chi connectivity index (χ0v) is 19.7. The van der Waals surface area contributed by atoms with Crippen molar-refractivity contribution in [2.24, 2.45) is 4.99 Å². The fourth-order valence-electron chi connectivity index (χ4n) is 2.50. The molecule has 2 rings (SSSR count). The van der Waals surface area contributed by atoms with Crippen molar-refractivity contribution in [1.82, 2.24) is 15.6 Å². The summed E-state index contributed by atoms with van der Waals surface area (Å²) in [6, 6.07) is 0.794. The van der Waals surface area contributed by atoms with Crippen LogP contribution < -0.4 is 15.4 Å². The third-order valence-electron chi connectivity index (χ3n) is 3.93. The molecule has 0 saturated carbocycles. The van der Waals surface area contributed by atoms with Crippen LogP contribution in [0.1, 0.15) is 25.3 Å². The molecular formula is C18H27ClF3IN4O3. The Morgan fingerprint density at radius 1 is 1.37 bits per heavy atom. The largest absolute Gasteiger partial charge is 0.475 e. The van der Waals surface area contributed by atoms with E-state index in [9.17, 15) is 13.2 Å². The minimum absolute atomic E-state index is 0. The molecule has 0 aromatic carbocycles. The first-order chi connectivity index (χ1) is 13.9. The molecule has 1 aromatic heterocycles. The molecule has 0 aliphatic carbocycles. The van der Waals surface area contributed by atoms with E-state index in [1.54, 1.807) is 0 Å². The number of ether oxygens (including phenoxy) is 3. The number of hydrogen-bond acceptors (Lipinski definition) is 5. The molecule has 172 valence electrons. The molecule has 1 atom stereocenters. The highest BCUT2D eigenvalue weighted by molar-refractivity contribution is 14.0. The molecule has 0 amide bonds. The Morgan fingerprint density at radius 2 is 2.17 bits per heavy atom. The van der Waals surface area contributed by atoms with Gasteiger partial charge in [0.2, 0.25) is 5.88 Å². The number of halogens is 5. The highest BCUT2D eigenvalue weighted by atomic mass is 127. The van der Waals surface area contributed by atoms with Crippen LogP contribution >= 0.6 is 35.6 Å². The fourth-order valence-corrected chi connectivity index (χ4v) is 2.72. The normalized spacial score (nSPS) is 16.8. The average molecular weight is 567 g/mol. The summed E-state index contributed by atoms with van der Waals surface area (Å²) in [6.45, 7) is 5.80. The van der Waals surface area contributed by atoms with Crippen molar-refractivity contribution in [1.29, 1.82) is 0 Å². The van der Waals surface area contributed by atoms with Crippen LogP contribution in [-0.4, -0.2) is 63.1 Å². The number of rotatable bonds is 10. The number of nitrogens with one attached hydrogen (secondary N) is 2. The standard InChI is InChI=1S/C18H26ClF3N4O3.HI/c1-2-23-17(24-5-3-7-28-14-4-8-27-12-14)25-6-9-29-16-15(19)10-13(11-26-16)18(20,21)22;/h10-11,14H,2-9,12H2,1H3,(H2,23,24,25);1H. The number of hydrogen-bond donors (Lipinski definition) is 2. The second kappa shape index (κ2) is 14.1. The van der Waals surface area contributed by atoms with Crippen molar-refractivity contribution >= 4 is 41.5 Å². The number of pyridine rings is 1. The first-order valence-electron chi connectivity index (χ1n) is 9.47. The maximum absolute atomic E-state index is 12.6. The van der Waals surface area contributed by atoms with Crippen molar-refractivity contribution < 1.29 is 27.4 Å². The molecule has 2 heterocycles. The van der Waals surface area contributed by atoms with Gasteiger partial charge in [0.25, 0.3) is 0 Å². The lowest BCUT2D eigenvalue weighted by Crippen LogP contribution is -2.39. The van der Waals surface area contributed by atoms with Crippen LogP contribution in [0.3, 0.4) is 0 Å². The molecule has 1 aliphatic rings. The van der Waals surface area contributed by atoms with Crippen molar-refractivity contribution in [2.45, 2.75) is 32.0 Å². The van der Waals surface area contributed by atoms with Crippen LogP contribution in [0.25, 0.3) is 0 Å². The number of aliphatic imine (C=N–C) groups is 1. The summed E-state index contributed by atoms with van der Waals surface area (Å²) in [6.07, 6.45) is -1.89. The lowest BCUT2D eigenvalue weighted by Gasteiger charge is -2.13. The van der Waals surface area contributed by atoms with Gasteiger partial charge in [0, 0.05) is 32.5 Å². The Hall–Kier alpha value is -1.05. The SMILES string of the molecule is CCNC(=NCCCOC1CCOC1)NCCOc1ncc(C(F)(F)F)cc1Cl.I. The predicted molar refractivity (Wildman–Crippen MR) is 119 cm³/mol. The first kappa shape index (κ1) is 27.0. The van der Waals surface area contributed by atoms with E-state index >= 15 is 0 Å². The number of guanidine groups is 1. The zero-order valence-electron chi connectivity index (χ0n) is 16.6. The van der Waals surface area contributed by atoms with Gasteiger partial charge in [-0.1, -0.05) is 11.6 Å². The quantitative estimate of drug-likeness (QED) is 0.195. The molecule has 1 aliphatic heterocycles. The molecule has 0 bridgehead atoms. The van der Waals surface area contributed by atoms with Gasteiger partial charge in [0.05, 0.1) is 24.8 Å². The van der Waals surface area contributed by atoms with Crippen LogP contribution in [0.15, 0.2) is 17.3 Å². The van der Waals surface area contributed by atoms with E-state index in [-0.39, 0.29) is 47.6 Å². The number of alkyl halides is 3. The van der Waals surface area contributed by atoms with Gasteiger partial charge in [-0.2, -0.15) is 13.2 Å². The molecular weight excluding hydrogens is 540 g/mol. The zero-order chi connectivity index (χ0) is 21.1. The van der Waals surface area contributed by atoms with Gasteiger partial charge in [-0.15, -0.1) is 24.0 Å². The van der Waals surface area contributed by atoms with E-state index < -0.39 is 11.7 Å². The van der Waals surface area contributed by atoms with Crippen molar-refractivity contribution in [2.75, 3.05) is 46.1 Å². The lowest BCUT2D eigenvalue weighted by atomic mass is 10.3. The van der Waals surface area contributed by atoms with Crippen LogP contribution in [0, 0.1) is 0 Å². The molecule has 0 spiro atoms. The third-order valence-corrected chi connectivity index (χ3v) is 4.20. The number of nitrogens with zero attached hydrogens (tertiary/aromatic N) is 2. The average Bonchev–Trinajstić information content (AvgIpc) is 3.18. The van der Waals surface area contributed by atoms with Gasteiger partial charge in [-0.25, -0.2) is 4.98 Å². The molecule has 2 N–H and O–H groups in total. The van der Waals surface area contributed by atoms with E-state index in [2.05, 4.69) is 20.6 Å². The highest BCUT2D eigenvalue weighted by Crippen LogP contribution is 2.32. The maximum Gasteiger partial charge on any atom is 0.417 e. The van der Waals surface area contributed by atoms with Crippen LogP contribution in [0.2, 0.25) is 5.02 Å². The van der Waals surface area contributed by atoms with Gasteiger partial charge >= 0.3 is 6.18 Å². The minimum Gasteiger partial charge on any atom is -0.475 e. The Balaban J connectivity index is 0.00000450. The molecule has 0 radical (unpaired) electrons. The van der Waals surface area contributed by atoms with Crippen molar-refractivity contribution in [3.8, 4) is 5.88 Å². The molecule has 1 saturated heterocycles. The Kier molecular flexibility index (Phi) is 12.7. The molecule has 7 nitrogen and oxygen atoms in total. The Bertz CT molecular complexity index is 662. The smallest absolute Gasteiger partial charge is 0.417 e. The van der Waals surface area contributed by atoms with Gasteiger partial charge < -0.3 is 24.8 Å². The summed E-state index contributed by atoms with van der Waals surface area (Å²) < 4.78 is 54.1. The third kappa shape index (κ3) is 9.84. The summed E-state index contributed by atoms with van der Waals surface area (Å²) in [5.74, 6) is 0.572. The van der Waals surface area contributed by atoms with Crippen molar-refractivity contribution in [3.05, 3.63) is 22.8 Å². The van der Waals surface area contributed by atoms with Crippen molar-refractivity contribution in [3.63, 3.8) is 0 Å². The maximum atomic E-state index is 12.6. The van der Waals surface area contributed by atoms with Gasteiger partial charge in [0.1, 0.15) is 11.6 Å². The van der Waals surface area contributed by atoms with Gasteiger partial charge in [-0.3, -0.25) is 4.99 Å². The van der Waals surface area contributed by atoms with Crippen LogP contribution in [-0.2, 0) is 15.7 Å². The first-order valence-corrected chi connectivity index (χ1v) is 9.85. The van der Waals surface area contributed by atoms with E-state index in [1.165, 1.54) is 0 Å². The monoisotopic (exact) mass is 566 g/mol. The minimum atomic E-state index is -4.50. The molecule has 12 heteroatoms. The topological polar surface area (TPSA) is 77.0 Å². The fraction of sp³-hybridized carbons (Fsp3) is 0.667. The van der Waals surface area contributed by atoms with E-state index in [1.807, 2.05) is 6.92 Å². The van der Waals surface area contributed by atoms with E-state index in [0.29, 0.717) is 45.0 Å². The second-order valence-electron chi connectivity index (χ2n) is 6.25. The molecule has 30 heavy (non-hydrogen) atoms. The summed E-state index contributed by atoms with van der Waals surface area (Å²) in [5.41, 5.74) is -0.918. The Morgan fingerprint density at radius 3 is 2.80 bits per heavy atom. The predicted octanol–water partition coefficient (Wildman–Crippen LogP) is 3.50. The summed E-state index contributed by atoms with van der Waals surface area (Å²) in [7, 11) is 0. The lowest BCUT2D eigenvalue weighted by molar-refractivity contribution is -0.137. The van der Waals surface area contributed by atoms with Gasteiger partial charge in [0.15, 0.2) is 5.96 Å². The van der Waals surface area contributed by atoms with E-state index in [4.69, 9.17) is 25.8 Å². The van der Waals surface area contributed by atoms with Crippen LogP contribution in [0.5, 0.6) is 5.88 Å².